The summed E-state index contributed by atoms with van der Waals surface area (Å²) in [4.78, 5) is 55.6. The number of unbranched alkanes of at least 4 members (excludes halogenated alkanes) is 1. The van der Waals surface area contributed by atoms with Gasteiger partial charge in [-0.25, -0.2) is 4.79 Å². The highest BCUT2D eigenvalue weighted by atomic mass is 127. The molecule has 0 radical (unpaired) electrons. The van der Waals surface area contributed by atoms with Crippen molar-refractivity contribution in [2.24, 2.45) is 5.92 Å². The molecule has 3 atom stereocenters. The van der Waals surface area contributed by atoms with Crippen LogP contribution >= 0.6 is 22.4 Å². The van der Waals surface area contributed by atoms with Gasteiger partial charge in [0.05, 0.1) is 12.1 Å². The van der Waals surface area contributed by atoms with Crippen molar-refractivity contribution in [3.8, 4) is 0 Å². The van der Waals surface area contributed by atoms with Gasteiger partial charge in [0.1, 0.15) is 12.1 Å². The number of rotatable bonds is 16. The third-order valence-corrected chi connectivity index (χ3v) is 10.2. The van der Waals surface area contributed by atoms with Crippen molar-refractivity contribution in [2.45, 2.75) is 89.1 Å². The number of hydrogen-bond donors (Lipinski definition) is 6. The maximum absolute atomic E-state index is 13.9. The molecule has 2 aromatic carbocycles. The fraction of sp³-hybridized carbons (Fsp3) is 0.500. The minimum atomic E-state index is -0.825. The van der Waals surface area contributed by atoms with E-state index in [2.05, 4.69) is 66.0 Å². The first kappa shape index (κ1) is 36.7. The Balaban J connectivity index is 1.24. The molecule has 1 aliphatic heterocycles. The molecule has 3 amide bonds. The second-order valence-corrected chi connectivity index (χ2v) is 14.0. The van der Waals surface area contributed by atoms with Gasteiger partial charge in [-0.15, -0.1) is 22.4 Å². The first-order valence-corrected chi connectivity index (χ1v) is 19.1. The zero-order valence-electron chi connectivity index (χ0n) is 28.2. The Morgan fingerprint density at radius 1 is 1.00 bits per heavy atom. The molecule has 1 saturated carbocycles. The van der Waals surface area contributed by atoms with Gasteiger partial charge in [-0.1, -0.05) is 56.4 Å². The molecule has 2 aliphatic rings. The number of carbonyl (C=O) groups is 3. The number of alkyl carbamates (subject to hydrolysis) is 1. The van der Waals surface area contributed by atoms with E-state index < -0.39 is 18.2 Å². The number of hydrogen-bond acceptors (Lipinski definition) is 7. The highest BCUT2D eigenvalue weighted by Gasteiger charge is 2.30. The molecule has 49 heavy (non-hydrogen) atoms. The Labute approximate surface area is 302 Å². The molecule has 1 aromatic heterocycles. The van der Waals surface area contributed by atoms with E-state index in [1.807, 2.05) is 25.1 Å². The number of ether oxygens (including phenoxy) is 1. The summed E-state index contributed by atoms with van der Waals surface area (Å²) in [6.45, 7) is 3.71. The van der Waals surface area contributed by atoms with Gasteiger partial charge in [0.15, 0.2) is 0 Å². The lowest BCUT2D eigenvalue weighted by Crippen LogP contribution is -2.53. The van der Waals surface area contributed by atoms with Crippen molar-refractivity contribution in [3.05, 3.63) is 70.0 Å². The Bertz CT molecular complexity index is 1650. The SMILES string of the molecule is Cc1cc(=O)[nH]c2cc(NC(=O)[C@H](CCCCNBI)NC(=O)[C@H](CC3CCCCC3)NC(=O)OCCC3CNc4ccccc43)ccc12. The Morgan fingerprint density at radius 3 is 2.63 bits per heavy atom. The number of aryl methyl sites for hydroxylation is 1. The average Bonchev–Trinajstić information content (AvgIpc) is 3.50. The van der Waals surface area contributed by atoms with Gasteiger partial charge in [-0.3, -0.25) is 14.4 Å². The van der Waals surface area contributed by atoms with E-state index in [1.54, 1.807) is 18.2 Å². The van der Waals surface area contributed by atoms with Crippen molar-refractivity contribution in [3.63, 3.8) is 0 Å². The molecular weight excluding hydrogens is 734 g/mol. The summed E-state index contributed by atoms with van der Waals surface area (Å²) in [7, 11) is 0. The summed E-state index contributed by atoms with van der Waals surface area (Å²) >= 11 is 2.26. The molecule has 1 aliphatic carbocycles. The second kappa shape index (κ2) is 18.4. The zero-order chi connectivity index (χ0) is 34.6. The minimum absolute atomic E-state index is 0.213. The van der Waals surface area contributed by atoms with Crippen LogP contribution in [0.3, 0.4) is 0 Å². The molecule has 1 unspecified atom stereocenters. The maximum atomic E-state index is 13.9. The van der Waals surface area contributed by atoms with Gasteiger partial charge in [-0.2, -0.15) is 0 Å². The van der Waals surface area contributed by atoms with E-state index >= 15 is 0 Å². The molecule has 3 aromatic rings. The third-order valence-electron chi connectivity index (χ3n) is 9.68. The molecular formula is C36H48BIN6O5. The molecule has 6 N–H and O–H groups in total. The molecule has 5 rings (SSSR count). The highest BCUT2D eigenvalue weighted by Crippen LogP contribution is 2.33. The van der Waals surface area contributed by atoms with Crippen LogP contribution in [0.2, 0.25) is 0 Å². The fourth-order valence-corrected chi connectivity index (χ4v) is 7.41. The van der Waals surface area contributed by atoms with Crippen LogP contribution in [0, 0.1) is 12.8 Å². The van der Waals surface area contributed by atoms with E-state index in [9.17, 15) is 19.2 Å². The number of H-pyrrole nitrogens is 1. The smallest absolute Gasteiger partial charge is 0.407 e. The number of carbonyl (C=O) groups excluding carboxylic acids is 3. The average molecular weight is 783 g/mol. The number of para-hydroxylation sites is 1. The molecule has 0 saturated heterocycles. The lowest BCUT2D eigenvalue weighted by atomic mass is 9.84. The number of aromatic amines is 1. The van der Waals surface area contributed by atoms with Crippen molar-refractivity contribution >= 4 is 67.8 Å². The highest BCUT2D eigenvalue weighted by molar-refractivity contribution is 14.1. The number of amides is 3. The topological polar surface area (TPSA) is 153 Å². The van der Waals surface area contributed by atoms with E-state index in [4.69, 9.17) is 4.74 Å². The van der Waals surface area contributed by atoms with Crippen LogP contribution in [0.15, 0.2) is 53.3 Å². The van der Waals surface area contributed by atoms with Crippen LogP contribution < -0.4 is 32.1 Å². The van der Waals surface area contributed by atoms with E-state index in [0.29, 0.717) is 42.8 Å². The number of anilines is 2. The van der Waals surface area contributed by atoms with Crippen LogP contribution in [0.25, 0.3) is 10.9 Å². The van der Waals surface area contributed by atoms with Gasteiger partial charge < -0.3 is 36.2 Å². The second-order valence-electron chi connectivity index (χ2n) is 13.3. The summed E-state index contributed by atoms with van der Waals surface area (Å²) in [6.07, 6.45) is 7.93. The van der Waals surface area contributed by atoms with Crippen LogP contribution in [-0.4, -0.2) is 59.9 Å². The van der Waals surface area contributed by atoms with Gasteiger partial charge >= 0.3 is 6.09 Å². The quantitative estimate of drug-likeness (QED) is 0.0648. The monoisotopic (exact) mass is 782 g/mol. The summed E-state index contributed by atoms with van der Waals surface area (Å²) in [5.74, 6) is -0.182. The van der Waals surface area contributed by atoms with E-state index in [0.717, 1.165) is 67.1 Å². The van der Waals surface area contributed by atoms with Crippen LogP contribution in [0.5, 0.6) is 0 Å². The first-order chi connectivity index (χ1) is 23.8. The van der Waals surface area contributed by atoms with Crippen molar-refractivity contribution in [2.75, 3.05) is 30.3 Å². The van der Waals surface area contributed by atoms with Crippen LogP contribution in [0.4, 0.5) is 16.2 Å². The number of halogens is 1. The number of pyridine rings is 1. The van der Waals surface area contributed by atoms with Crippen molar-refractivity contribution < 1.29 is 19.1 Å². The van der Waals surface area contributed by atoms with Gasteiger partial charge in [0.2, 0.25) is 17.4 Å². The van der Waals surface area contributed by atoms with E-state index in [-0.39, 0.29) is 29.9 Å². The molecule has 262 valence electrons. The van der Waals surface area contributed by atoms with Gasteiger partial charge in [-0.05, 0) is 80.8 Å². The lowest BCUT2D eigenvalue weighted by Gasteiger charge is -2.28. The summed E-state index contributed by atoms with van der Waals surface area (Å²) in [5, 5.41) is 17.2. The number of aromatic nitrogens is 1. The molecule has 2 heterocycles. The van der Waals surface area contributed by atoms with Gasteiger partial charge in [0, 0.05) is 35.3 Å². The zero-order valence-corrected chi connectivity index (χ0v) is 30.4. The lowest BCUT2D eigenvalue weighted by molar-refractivity contribution is -0.128. The van der Waals surface area contributed by atoms with Crippen LogP contribution in [-0.2, 0) is 14.3 Å². The summed E-state index contributed by atoms with van der Waals surface area (Å²) in [5.41, 5.74) is 4.11. The summed E-state index contributed by atoms with van der Waals surface area (Å²) in [6, 6.07) is 13.4. The Kier molecular flexibility index (Phi) is 13.8. The fourth-order valence-electron chi connectivity index (χ4n) is 7.03. The third kappa shape index (κ3) is 10.7. The molecule has 13 heteroatoms. The molecule has 0 bridgehead atoms. The number of fused-ring (bicyclic) bond motifs is 2. The standard InChI is InChI=1S/C36H48BIN6O5/c1-23-19-33(45)42-31-21-26(14-15-27(23)31)41-34(46)30(13-7-8-17-40-37-38)43-35(47)32(20-24-9-3-2-4-10-24)44-36(48)49-18-16-25-22-39-29-12-6-5-11-28(25)29/h5-6,11-12,14-15,19,21,24-25,30,32,37,39-40H,2-4,7-10,13,16-18,20,22H2,1H3,(H,41,46)(H,42,45)(H,43,47)(H,44,48)/t25?,30-,32-/m0/s1. The molecule has 0 spiro atoms. The van der Waals surface area contributed by atoms with Gasteiger partial charge in [0.25, 0.3) is 5.27 Å². The first-order valence-electron chi connectivity index (χ1n) is 17.6. The summed E-state index contributed by atoms with van der Waals surface area (Å²) < 4.78 is 5.60. The predicted molar refractivity (Wildman–Crippen MR) is 205 cm³/mol. The largest absolute Gasteiger partial charge is 0.450 e. The molecule has 1 fully saturated rings. The number of benzene rings is 2. The van der Waals surface area contributed by atoms with Crippen molar-refractivity contribution in [1.29, 1.82) is 0 Å². The predicted octanol–water partition coefficient (Wildman–Crippen LogP) is 5.39. The normalized spacial score (nSPS) is 17.0. The Hall–Kier alpha value is -3.59. The van der Waals surface area contributed by atoms with E-state index in [1.165, 1.54) is 12.0 Å². The van der Waals surface area contributed by atoms with Crippen molar-refractivity contribution in [1.82, 2.24) is 20.8 Å². The van der Waals surface area contributed by atoms with Crippen LogP contribution in [0.1, 0.15) is 81.3 Å². The maximum Gasteiger partial charge on any atom is 0.407 e. The number of nitrogens with one attached hydrogen (secondary N) is 6. The minimum Gasteiger partial charge on any atom is -0.450 e. The Morgan fingerprint density at radius 2 is 1.82 bits per heavy atom. The molecule has 11 nitrogen and oxygen atoms in total.